The highest BCUT2D eigenvalue weighted by Gasteiger charge is 2.38. The fourth-order valence-electron chi connectivity index (χ4n) is 5.39. The molecule has 0 aliphatic carbocycles. The first-order chi connectivity index (χ1) is 22.0. The van der Waals surface area contributed by atoms with Crippen LogP contribution in [0.5, 0.6) is 11.5 Å². The maximum Gasteiger partial charge on any atom is 0.240 e. The number of carbonyl (C=O) groups excluding carboxylic acids is 2. The highest BCUT2D eigenvalue weighted by atomic mass is 32.2. The molecule has 0 fully saturated rings. The molecule has 0 unspecified atom stereocenters. The summed E-state index contributed by atoms with van der Waals surface area (Å²) in [6, 6.07) is 27.2. The van der Waals surface area contributed by atoms with E-state index in [4.69, 9.17) is 14.6 Å². The van der Waals surface area contributed by atoms with Gasteiger partial charge in [0.2, 0.25) is 11.8 Å². The Morgan fingerprint density at radius 2 is 1.80 bits per heavy atom. The van der Waals surface area contributed by atoms with Gasteiger partial charge in [0.05, 0.1) is 36.6 Å². The third kappa shape index (κ3) is 6.28. The van der Waals surface area contributed by atoms with Crippen molar-refractivity contribution in [3.05, 3.63) is 120 Å². The molecule has 0 saturated carbocycles. The van der Waals surface area contributed by atoms with Gasteiger partial charge in [0.15, 0.2) is 0 Å². The van der Waals surface area contributed by atoms with Crippen molar-refractivity contribution in [1.82, 2.24) is 20.1 Å². The van der Waals surface area contributed by atoms with Crippen LogP contribution in [-0.2, 0) is 16.1 Å². The van der Waals surface area contributed by atoms with E-state index in [1.807, 2.05) is 91.9 Å². The fourth-order valence-corrected chi connectivity index (χ4v) is 6.60. The normalized spacial score (nSPS) is 14.4. The molecule has 0 radical (unpaired) electrons. The monoisotopic (exact) mass is 619 g/mol. The second kappa shape index (κ2) is 13.3. The number of hydrogen-bond donors (Lipinski definition) is 1. The molecule has 0 spiro atoms. The molecule has 10 heteroatoms. The zero-order chi connectivity index (χ0) is 31.3. The Morgan fingerprint density at radius 1 is 1.00 bits per heavy atom. The zero-order valence-corrected chi connectivity index (χ0v) is 26.1. The van der Waals surface area contributed by atoms with Crippen LogP contribution in [0.2, 0.25) is 0 Å². The quantitative estimate of drug-likeness (QED) is 0.225. The summed E-state index contributed by atoms with van der Waals surface area (Å²) in [7, 11) is 3.25. The summed E-state index contributed by atoms with van der Waals surface area (Å²) in [5.41, 5.74) is 5.99. The molecule has 0 saturated heterocycles. The number of methoxy groups -OCH3 is 2. The standard InChI is InChI=1S/C35H33N5O4S/c1-23-11-13-26(14-12-23)40-35-32(33(38-40)25-9-5-4-6-10-25)34(28-18-27(43-2)15-16-29(28)44-3)45-22-31(42)39(35)21-30(41)37-20-24-8-7-17-36-19-24/h4-19,34H,20-22H2,1-3H3,(H,37,41)/t34-/m0/s1. The Balaban J connectivity index is 1.55. The van der Waals surface area contributed by atoms with E-state index in [0.717, 1.165) is 33.5 Å². The van der Waals surface area contributed by atoms with Crippen molar-refractivity contribution in [3.63, 3.8) is 0 Å². The number of ether oxygens (including phenoxy) is 2. The molecule has 1 atom stereocenters. The third-order valence-corrected chi connectivity index (χ3v) is 8.88. The molecule has 0 bridgehead atoms. The summed E-state index contributed by atoms with van der Waals surface area (Å²) in [6.45, 7) is 2.14. The summed E-state index contributed by atoms with van der Waals surface area (Å²) in [5, 5.41) is 7.75. The average molecular weight is 620 g/mol. The highest BCUT2D eigenvalue weighted by Crippen LogP contribution is 2.51. The molecule has 3 aromatic carbocycles. The van der Waals surface area contributed by atoms with Crippen LogP contribution in [0.15, 0.2) is 97.3 Å². The minimum absolute atomic E-state index is 0.137. The second-order valence-corrected chi connectivity index (χ2v) is 11.7. The second-order valence-electron chi connectivity index (χ2n) is 10.6. The molecule has 45 heavy (non-hydrogen) atoms. The smallest absolute Gasteiger partial charge is 0.240 e. The summed E-state index contributed by atoms with van der Waals surface area (Å²) < 4.78 is 13.2. The highest BCUT2D eigenvalue weighted by molar-refractivity contribution is 8.00. The number of rotatable bonds is 9. The number of fused-ring (bicyclic) bond motifs is 1. The molecule has 1 aliphatic rings. The molecule has 1 aliphatic heterocycles. The largest absolute Gasteiger partial charge is 0.497 e. The lowest BCUT2D eigenvalue weighted by molar-refractivity contribution is -0.123. The van der Waals surface area contributed by atoms with Crippen LogP contribution in [0.3, 0.4) is 0 Å². The Bertz CT molecular complexity index is 1810. The lowest BCUT2D eigenvalue weighted by Crippen LogP contribution is -2.42. The lowest BCUT2D eigenvalue weighted by atomic mass is 9.98. The van der Waals surface area contributed by atoms with E-state index in [0.29, 0.717) is 29.6 Å². The van der Waals surface area contributed by atoms with E-state index < -0.39 is 0 Å². The van der Waals surface area contributed by atoms with Gasteiger partial charge in [0, 0.05) is 35.6 Å². The molecule has 6 rings (SSSR count). The minimum atomic E-state index is -0.369. The number of anilines is 1. The lowest BCUT2D eigenvalue weighted by Gasteiger charge is -2.24. The Morgan fingerprint density at radius 3 is 2.51 bits per heavy atom. The minimum Gasteiger partial charge on any atom is -0.497 e. The molecular formula is C35H33N5O4S. The number of aromatic nitrogens is 3. The molecule has 3 heterocycles. The predicted octanol–water partition coefficient (Wildman–Crippen LogP) is 5.75. The first kappa shape index (κ1) is 30.0. The number of pyridine rings is 1. The van der Waals surface area contributed by atoms with E-state index in [9.17, 15) is 9.59 Å². The van der Waals surface area contributed by atoms with Gasteiger partial charge in [-0.1, -0.05) is 54.1 Å². The van der Waals surface area contributed by atoms with Gasteiger partial charge in [0.1, 0.15) is 23.9 Å². The van der Waals surface area contributed by atoms with Gasteiger partial charge in [-0.05, 0) is 48.9 Å². The summed E-state index contributed by atoms with van der Waals surface area (Å²) in [6.07, 6.45) is 3.39. The number of aryl methyl sites for hydroxylation is 1. The first-order valence-electron chi connectivity index (χ1n) is 14.5. The topological polar surface area (TPSA) is 98.6 Å². The molecular weight excluding hydrogens is 586 g/mol. The van der Waals surface area contributed by atoms with Gasteiger partial charge in [0.25, 0.3) is 0 Å². The maximum absolute atomic E-state index is 14.0. The van der Waals surface area contributed by atoms with Gasteiger partial charge < -0.3 is 14.8 Å². The predicted molar refractivity (Wildman–Crippen MR) is 176 cm³/mol. The van der Waals surface area contributed by atoms with Crippen LogP contribution in [0, 0.1) is 6.92 Å². The van der Waals surface area contributed by atoms with Crippen molar-refractivity contribution in [2.45, 2.75) is 18.7 Å². The van der Waals surface area contributed by atoms with Gasteiger partial charge in [-0.15, -0.1) is 11.8 Å². The van der Waals surface area contributed by atoms with Crippen LogP contribution >= 0.6 is 11.8 Å². The van der Waals surface area contributed by atoms with E-state index >= 15 is 0 Å². The van der Waals surface area contributed by atoms with Crippen molar-refractivity contribution in [1.29, 1.82) is 0 Å². The summed E-state index contributed by atoms with van der Waals surface area (Å²) in [4.78, 5) is 33.2. The number of thioether (sulfide) groups is 1. The SMILES string of the molecule is COc1ccc(OC)c([C@@H]2SCC(=O)N(CC(=O)NCc3cccnc3)c3c2c(-c2ccccc2)nn3-c2ccc(C)cc2)c1. The number of hydrogen-bond acceptors (Lipinski definition) is 7. The molecule has 5 aromatic rings. The van der Waals surface area contributed by atoms with Crippen LogP contribution < -0.4 is 19.7 Å². The van der Waals surface area contributed by atoms with E-state index in [1.165, 1.54) is 11.8 Å². The van der Waals surface area contributed by atoms with Gasteiger partial charge in [-0.25, -0.2) is 4.68 Å². The fraction of sp³-hybridized carbons (Fsp3) is 0.200. The first-order valence-corrected chi connectivity index (χ1v) is 15.6. The van der Waals surface area contributed by atoms with Crippen molar-refractivity contribution in [2.24, 2.45) is 0 Å². The number of nitrogens with zero attached hydrogens (tertiary/aromatic N) is 4. The number of nitrogens with one attached hydrogen (secondary N) is 1. The van der Waals surface area contributed by atoms with Gasteiger partial charge >= 0.3 is 0 Å². The zero-order valence-electron chi connectivity index (χ0n) is 25.3. The van der Waals surface area contributed by atoms with Crippen molar-refractivity contribution < 1.29 is 19.1 Å². The Kier molecular flexibility index (Phi) is 8.84. The van der Waals surface area contributed by atoms with Crippen LogP contribution in [0.1, 0.15) is 27.5 Å². The van der Waals surface area contributed by atoms with Crippen LogP contribution in [0.4, 0.5) is 5.82 Å². The van der Waals surface area contributed by atoms with Crippen molar-refractivity contribution >= 4 is 29.4 Å². The van der Waals surface area contributed by atoms with Crippen molar-refractivity contribution in [3.8, 4) is 28.4 Å². The van der Waals surface area contributed by atoms with Crippen LogP contribution in [-0.4, -0.2) is 53.1 Å². The average Bonchev–Trinajstić information content (AvgIpc) is 3.41. The molecule has 9 nitrogen and oxygen atoms in total. The molecule has 228 valence electrons. The van der Waals surface area contributed by atoms with Gasteiger partial charge in [-0.2, -0.15) is 5.10 Å². The number of benzene rings is 3. The third-order valence-electron chi connectivity index (χ3n) is 7.65. The van der Waals surface area contributed by atoms with E-state index in [-0.39, 0.29) is 29.4 Å². The molecule has 2 aromatic heterocycles. The Labute approximate surface area is 266 Å². The molecule has 2 amide bonds. The Hall–Kier alpha value is -5.09. The number of carbonyl (C=O) groups is 2. The van der Waals surface area contributed by atoms with Crippen molar-refractivity contribution in [2.75, 3.05) is 31.4 Å². The summed E-state index contributed by atoms with van der Waals surface area (Å²) in [5.74, 6) is 1.52. The van der Waals surface area contributed by atoms with Crippen LogP contribution in [0.25, 0.3) is 16.9 Å². The van der Waals surface area contributed by atoms with E-state index in [1.54, 1.807) is 36.2 Å². The van der Waals surface area contributed by atoms with E-state index in [2.05, 4.69) is 10.3 Å². The molecule has 1 N–H and O–H groups in total. The maximum atomic E-state index is 14.0. The summed E-state index contributed by atoms with van der Waals surface area (Å²) >= 11 is 1.48. The van der Waals surface area contributed by atoms with Gasteiger partial charge in [-0.3, -0.25) is 19.5 Å². The number of amides is 2.